The molecule has 6 heteroatoms. The molecule has 0 unspecified atom stereocenters. The van der Waals surface area contributed by atoms with E-state index in [9.17, 15) is 9.18 Å². The number of carbonyl (C=O) groups excluding carboxylic acids is 1. The number of hydrogen-bond donors (Lipinski definition) is 2. The van der Waals surface area contributed by atoms with Gasteiger partial charge in [-0.1, -0.05) is 43.7 Å². The predicted molar refractivity (Wildman–Crippen MR) is 104 cm³/mol. The number of unbranched alkanes of at least 4 members (excludes halogenated alkanes) is 1. The Kier molecular flexibility index (Phi) is 6.10. The van der Waals surface area contributed by atoms with Gasteiger partial charge in [0, 0.05) is 23.9 Å². The molecule has 1 amide bonds. The lowest BCUT2D eigenvalue weighted by Crippen LogP contribution is -2.25. The third kappa shape index (κ3) is 5.10. The van der Waals surface area contributed by atoms with Gasteiger partial charge in [0.25, 0.3) is 5.91 Å². The van der Waals surface area contributed by atoms with E-state index in [0.29, 0.717) is 23.9 Å². The van der Waals surface area contributed by atoms with Crippen LogP contribution in [0.4, 0.5) is 15.9 Å². The molecule has 138 valence electrons. The van der Waals surface area contributed by atoms with Crippen molar-refractivity contribution in [1.82, 2.24) is 15.3 Å². The first-order valence-electron chi connectivity index (χ1n) is 8.91. The van der Waals surface area contributed by atoms with Gasteiger partial charge in [0.2, 0.25) is 0 Å². The lowest BCUT2D eigenvalue weighted by atomic mass is 10.2. The van der Waals surface area contributed by atoms with Crippen LogP contribution in [-0.2, 0) is 0 Å². The smallest absolute Gasteiger partial charge is 0.270 e. The minimum atomic E-state index is -0.316. The highest BCUT2D eigenvalue weighted by molar-refractivity contribution is 5.93. The molecule has 5 nitrogen and oxygen atoms in total. The molecule has 0 aliphatic carbocycles. The lowest BCUT2D eigenvalue weighted by Gasteiger charge is -2.11. The topological polar surface area (TPSA) is 66.9 Å². The number of nitrogens with one attached hydrogen (secondary N) is 2. The quantitative estimate of drug-likeness (QED) is 0.603. The molecule has 0 aliphatic rings. The summed E-state index contributed by atoms with van der Waals surface area (Å²) in [4.78, 5) is 21.4. The average molecular weight is 364 g/mol. The summed E-state index contributed by atoms with van der Waals surface area (Å²) in [6.45, 7) is 2.66. The summed E-state index contributed by atoms with van der Waals surface area (Å²) in [7, 11) is 0. The van der Waals surface area contributed by atoms with Gasteiger partial charge in [-0.3, -0.25) is 4.79 Å². The lowest BCUT2D eigenvalue weighted by molar-refractivity contribution is 0.0948. The van der Waals surface area contributed by atoms with Crippen LogP contribution in [0.1, 0.15) is 30.3 Å². The molecule has 1 aromatic heterocycles. The first-order valence-corrected chi connectivity index (χ1v) is 8.91. The molecule has 0 atom stereocenters. The minimum Gasteiger partial charge on any atom is -0.351 e. The Morgan fingerprint density at radius 1 is 1.04 bits per heavy atom. The Morgan fingerprint density at radius 3 is 2.48 bits per heavy atom. The summed E-state index contributed by atoms with van der Waals surface area (Å²) in [6, 6.07) is 17.0. The zero-order valence-electron chi connectivity index (χ0n) is 15.1. The van der Waals surface area contributed by atoms with E-state index in [-0.39, 0.29) is 17.4 Å². The highest BCUT2D eigenvalue weighted by atomic mass is 19.1. The summed E-state index contributed by atoms with van der Waals surface area (Å²) in [5, 5.41) is 5.98. The third-order valence-corrected chi connectivity index (χ3v) is 3.92. The number of rotatable bonds is 7. The van der Waals surface area contributed by atoms with E-state index in [1.165, 1.54) is 12.1 Å². The van der Waals surface area contributed by atoms with Crippen LogP contribution in [-0.4, -0.2) is 22.4 Å². The fraction of sp³-hybridized carbons (Fsp3) is 0.190. The summed E-state index contributed by atoms with van der Waals surface area (Å²) >= 11 is 0. The van der Waals surface area contributed by atoms with Crippen LogP contribution < -0.4 is 10.6 Å². The van der Waals surface area contributed by atoms with Crippen molar-refractivity contribution in [2.45, 2.75) is 19.8 Å². The molecule has 0 bridgehead atoms. The molecule has 0 saturated heterocycles. The molecule has 0 spiro atoms. The third-order valence-electron chi connectivity index (χ3n) is 3.92. The molecule has 0 aliphatic heterocycles. The minimum absolute atomic E-state index is 0.245. The van der Waals surface area contributed by atoms with E-state index in [1.807, 2.05) is 30.3 Å². The molecular weight excluding hydrogens is 343 g/mol. The van der Waals surface area contributed by atoms with Gasteiger partial charge in [0.1, 0.15) is 17.3 Å². The fourth-order valence-corrected chi connectivity index (χ4v) is 2.49. The van der Waals surface area contributed by atoms with E-state index in [2.05, 4.69) is 27.5 Å². The molecule has 3 aromatic rings. The van der Waals surface area contributed by atoms with Crippen molar-refractivity contribution < 1.29 is 9.18 Å². The van der Waals surface area contributed by atoms with Crippen LogP contribution in [0.5, 0.6) is 0 Å². The van der Waals surface area contributed by atoms with Gasteiger partial charge >= 0.3 is 0 Å². The molecule has 0 fully saturated rings. The van der Waals surface area contributed by atoms with Crippen LogP contribution in [0.25, 0.3) is 11.4 Å². The Labute approximate surface area is 157 Å². The first kappa shape index (κ1) is 18.5. The molecule has 27 heavy (non-hydrogen) atoms. The molecule has 0 radical (unpaired) electrons. The van der Waals surface area contributed by atoms with Gasteiger partial charge < -0.3 is 10.6 Å². The van der Waals surface area contributed by atoms with Crippen LogP contribution in [0.2, 0.25) is 0 Å². The standard InChI is InChI=1S/C21H21FN4O/c1-2-3-13-23-21(27)18-14-19(24-17-11-9-16(22)10-12-17)26-20(25-18)15-7-5-4-6-8-15/h4-12,14H,2-3,13H2,1H3,(H,23,27)(H,24,25,26). The van der Waals surface area contributed by atoms with Crippen molar-refractivity contribution in [2.24, 2.45) is 0 Å². The number of anilines is 2. The fourth-order valence-electron chi connectivity index (χ4n) is 2.49. The molecule has 2 N–H and O–H groups in total. The van der Waals surface area contributed by atoms with Gasteiger partial charge in [-0.25, -0.2) is 14.4 Å². The largest absolute Gasteiger partial charge is 0.351 e. The first-order chi connectivity index (χ1) is 13.2. The van der Waals surface area contributed by atoms with Crippen molar-refractivity contribution in [3.8, 4) is 11.4 Å². The van der Waals surface area contributed by atoms with Crippen molar-refractivity contribution in [2.75, 3.05) is 11.9 Å². The number of benzene rings is 2. The Hall–Kier alpha value is -3.28. The van der Waals surface area contributed by atoms with Gasteiger partial charge in [-0.2, -0.15) is 0 Å². The number of nitrogens with zero attached hydrogens (tertiary/aromatic N) is 2. The maximum Gasteiger partial charge on any atom is 0.270 e. The normalized spacial score (nSPS) is 10.4. The summed E-state index contributed by atoms with van der Waals surface area (Å²) in [5.41, 5.74) is 1.76. The number of carbonyl (C=O) groups is 1. The molecular formula is C21H21FN4O. The van der Waals surface area contributed by atoms with Gasteiger partial charge in [0.05, 0.1) is 0 Å². The van der Waals surface area contributed by atoms with Crippen LogP contribution in [0.15, 0.2) is 60.7 Å². The second-order valence-electron chi connectivity index (χ2n) is 6.07. The monoisotopic (exact) mass is 364 g/mol. The van der Waals surface area contributed by atoms with E-state index >= 15 is 0 Å². The number of amides is 1. The van der Waals surface area contributed by atoms with Crippen LogP contribution in [0, 0.1) is 5.82 Å². The Morgan fingerprint density at radius 2 is 1.78 bits per heavy atom. The Balaban J connectivity index is 1.92. The summed E-state index contributed by atoms with van der Waals surface area (Å²) in [5.74, 6) is 0.355. The van der Waals surface area contributed by atoms with E-state index < -0.39 is 0 Å². The van der Waals surface area contributed by atoms with Crippen molar-refractivity contribution >= 4 is 17.4 Å². The Bertz CT molecular complexity index is 898. The zero-order valence-corrected chi connectivity index (χ0v) is 15.1. The van der Waals surface area contributed by atoms with Gasteiger partial charge in [-0.05, 0) is 30.7 Å². The number of halogens is 1. The van der Waals surface area contributed by atoms with Gasteiger partial charge in [-0.15, -0.1) is 0 Å². The average Bonchev–Trinajstić information content (AvgIpc) is 2.70. The predicted octanol–water partition coefficient (Wildman–Crippen LogP) is 4.56. The van der Waals surface area contributed by atoms with E-state index in [0.717, 1.165) is 18.4 Å². The maximum absolute atomic E-state index is 13.1. The number of aromatic nitrogens is 2. The number of hydrogen-bond acceptors (Lipinski definition) is 4. The second kappa shape index (κ2) is 8.89. The van der Waals surface area contributed by atoms with E-state index in [4.69, 9.17) is 0 Å². The van der Waals surface area contributed by atoms with Crippen molar-refractivity contribution in [3.63, 3.8) is 0 Å². The molecule has 0 saturated carbocycles. The van der Waals surface area contributed by atoms with Crippen molar-refractivity contribution in [3.05, 3.63) is 72.2 Å². The molecule has 3 rings (SSSR count). The van der Waals surface area contributed by atoms with Crippen LogP contribution >= 0.6 is 0 Å². The summed E-state index contributed by atoms with van der Waals surface area (Å²) in [6.07, 6.45) is 1.90. The van der Waals surface area contributed by atoms with E-state index in [1.54, 1.807) is 18.2 Å². The van der Waals surface area contributed by atoms with Crippen molar-refractivity contribution in [1.29, 1.82) is 0 Å². The molecule has 1 heterocycles. The maximum atomic E-state index is 13.1. The van der Waals surface area contributed by atoms with Crippen LogP contribution in [0.3, 0.4) is 0 Å². The highest BCUT2D eigenvalue weighted by Gasteiger charge is 2.13. The SMILES string of the molecule is CCCCNC(=O)c1cc(Nc2ccc(F)cc2)nc(-c2ccccc2)n1. The highest BCUT2D eigenvalue weighted by Crippen LogP contribution is 2.21. The molecule has 2 aromatic carbocycles. The zero-order chi connectivity index (χ0) is 19.1. The second-order valence-corrected chi connectivity index (χ2v) is 6.07. The van der Waals surface area contributed by atoms with Gasteiger partial charge in [0.15, 0.2) is 5.82 Å². The summed E-state index contributed by atoms with van der Waals surface area (Å²) < 4.78 is 13.1.